The number of allylic oxidation sites excluding steroid dienone is 2. The summed E-state index contributed by atoms with van der Waals surface area (Å²) in [5.41, 5.74) is 4.60. The Balaban J connectivity index is 0.000000469. The number of fused-ring (bicyclic) bond motifs is 1. The number of H-pyrrole nitrogens is 1. The van der Waals surface area contributed by atoms with Gasteiger partial charge < -0.3 is 10.1 Å². The molecule has 196 valence electrons. The van der Waals surface area contributed by atoms with E-state index in [-0.39, 0.29) is 17.6 Å². The molecular weight excluding hydrogens is 489 g/mol. The minimum atomic E-state index is -0.471. The monoisotopic (exact) mass is 523 g/mol. The molecule has 2 N–H and O–H groups in total. The van der Waals surface area contributed by atoms with Crippen LogP contribution in [0.3, 0.4) is 0 Å². The lowest BCUT2D eigenvalue weighted by atomic mass is 9.83. The average Bonchev–Trinajstić information content (AvgIpc) is 3.29. The summed E-state index contributed by atoms with van der Waals surface area (Å²) in [4.78, 5) is 13.5. The van der Waals surface area contributed by atoms with Gasteiger partial charge in [-0.15, -0.1) is 0 Å². The molecule has 0 radical (unpaired) electrons. The second-order valence-electron chi connectivity index (χ2n) is 9.93. The number of Topliss-reactive ketones (excluding diaryl/α,β-unsaturated/α-hetero) is 1. The van der Waals surface area contributed by atoms with Crippen LogP contribution >= 0.6 is 11.6 Å². The number of carbonyl (C=O) groups is 1. The van der Waals surface area contributed by atoms with Gasteiger partial charge in [0.05, 0.1) is 24.3 Å². The van der Waals surface area contributed by atoms with E-state index in [4.69, 9.17) is 16.3 Å². The van der Waals surface area contributed by atoms with Crippen LogP contribution in [0.1, 0.15) is 63.1 Å². The third-order valence-corrected chi connectivity index (χ3v) is 7.38. The van der Waals surface area contributed by atoms with E-state index in [9.17, 15) is 9.18 Å². The highest BCUT2D eigenvalue weighted by molar-refractivity contribution is 6.30. The fourth-order valence-corrected chi connectivity index (χ4v) is 5.00. The largest absolute Gasteiger partial charge is 0.493 e. The van der Waals surface area contributed by atoms with Gasteiger partial charge >= 0.3 is 0 Å². The molecule has 2 unspecified atom stereocenters. The Kier molecular flexibility index (Phi) is 8.83. The van der Waals surface area contributed by atoms with Crippen molar-refractivity contribution in [2.75, 3.05) is 13.2 Å². The van der Waals surface area contributed by atoms with Crippen LogP contribution in [-0.4, -0.2) is 35.2 Å². The van der Waals surface area contributed by atoms with Gasteiger partial charge in [0.2, 0.25) is 5.95 Å². The van der Waals surface area contributed by atoms with Crippen molar-refractivity contribution in [3.05, 3.63) is 76.3 Å². The number of benzene rings is 2. The standard InChI is InChI=1S/C25H24ClFN2O2.C5H11N/c1-4-19(24(30)17-9-16-10-18(26)6-8-23(16)31-13-17)20-7-5-15(11-21(20)14(2)3)22-12-28-29-25(22)27;1-2-5-3-4-6-5/h4-8,10-12,14,17H,9,13H2,1-3H3,(H,28,29);5-6H,2-4H2,1H3/b19-4+;. The number of halogens is 2. The van der Waals surface area contributed by atoms with Crippen LogP contribution in [0.2, 0.25) is 5.02 Å². The summed E-state index contributed by atoms with van der Waals surface area (Å²) >= 11 is 6.13. The lowest BCUT2D eigenvalue weighted by molar-refractivity contribution is -0.118. The zero-order valence-corrected chi connectivity index (χ0v) is 22.7. The molecule has 7 heteroatoms. The summed E-state index contributed by atoms with van der Waals surface area (Å²) in [6, 6.07) is 12.0. The van der Waals surface area contributed by atoms with E-state index in [0.29, 0.717) is 29.2 Å². The molecule has 2 aliphatic rings. The van der Waals surface area contributed by atoms with E-state index in [1.807, 2.05) is 43.3 Å². The molecule has 3 heterocycles. The molecule has 37 heavy (non-hydrogen) atoms. The van der Waals surface area contributed by atoms with Crippen molar-refractivity contribution in [3.63, 3.8) is 0 Å². The maximum Gasteiger partial charge on any atom is 0.216 e. The lowest BCUT2D eigenvalue weighted by Gasteiger charge is -2.26. The van der Waals surface area contributed by atoms with Gasteiger partial charge in [0.1, 0.15) is 5.75 Å². The number of nitrogens with one attached hydrogen (secondary N) is 2. The normalized spacial score (nSPS) is 18.8. The van der Waals surface area contributed by atoms with Crippen molar-refractivity contribution in [3.8, 4) is 16.9 Å². The second kappa shape index (κ2) is 12.1. The Bertz CT molecular complexity index is 1280. The Hall–Kier alpha value is -2.96. The number of ketones is 1. The topological polar surface area (TPSA) is 67.0 Å². The first-order valence-electron chi connectivity index (χ1n) is 13.0. The molecule has 1 saturated heterocycles. The van der Waals surface area contributed by atoms with E-state index >= 15 is 0 Å². The van der Waals surface area contributed by atoms with Crippen molar-refractivity contribution in [2.24, 2.45) is 5.92 Å². The SMILES string of the molecule is C/C=C(/C(=O)C1COc2ccc(Cl)cc2C1)c1ccc(-c2cn[nH]c2F)cc1C(C)C.CCC1CCN1. The van der Waals surface area contributed by atoms with Gasteiger partial charge in [-0.1, -0.05) is 56.6 Å². The Morgan fingerprint density at radius 3 is 2.62 bits per heavy atom. The Morgan fingerprint density at radius 1 is 1.27 bits per heavy atom. The number of carbonyl (C=O) groups excluding carboxylic acids is 1. The van der Waals surface area contributed by atoms with Gasteiger partial charge in [0, 0.05) is 16.6 Å². The lowest BCUT2D eigenvalue weighted by Crippen LogP contribution is -2.41. The molecule has 3 aromatic rings. The van der Waals surface area contributed by atoms with Gasteiger partial charge in [-0.2, -0.15) is 9.49 Å². The first-order valence-corrected chi connectivity index (χ1v) is 13.4. The van der Waals surface area contributed by atoms with E-state index < -0.39 is 5.95 Å². The Labute approximate surface area is 223 Å². The zero-order valence-electron chi connectivity index (χ0n) is 21.9. The van der Waals surface area contributed by atoms with Crippen LogP contribution in [0, 0.1) is 11.9 Å². The quantitative estimate of drug-likeness (QED) is 0.342. The second-order valence-corrected chi connectivity index (χ2v) is 10.4. The molecule has 1 fully saturated rings. The number of hydrogen-bond acceptors (Lipinski definition) is 4. The summed E-state index contributed by atoms with van der Waals surface area (Å²) < 4.78 is 19.9. The Morgan fingerprint density at radius 2 is 2.05 bits per heavy atom. The van der Waals surface area contributed by atoms with E-state index in [0.717, 1.165) is 34.0 Å². The number of ether oxygens (including phenoxy) is 1. The summed E-state index contributed by atoms with van der Waals surface area (Å²) in [5.74, 6) is 0.210. The van der Waals surface area contributed by atoms with E-state index in [1.54, 1.807) is 6.07 Å². The number of aromatic nitrogens is 2. The highest BCUT2D eigenvalue weighted by atomic mass is 35.5. The number of nitrogens with zero attached hydrogens (tertiary/aromatic N) is 1. The number of hydrogen-bond donors (Lipinski definition) is 2. The maximum absolute atomic E-state index is 14.0. The van der Waals surface area contributed by atoms with Crippen LogP contribution in [0.25, 0.3) is 16.7 Å². The molecule has 2 atom stereocenters. The maximum atomic E-state index is 14.0. The number of rotatable bonds is 6. The van der Waals surface area contributed by atoms with Crippen molar-refractivity contribution >= 4 is 23.0 Å². The summed E-state index contributed by atoms with van der Waals surface area (Å²) in [6.07, 6.45) is 6.62. The molecule has 0 bridgehead atoms. The van der Waals surface area contributed by atoms with Crippen LogP contribution < -0.4 is 10.1 Å². The van der Waals surface area contributed by atoms with Gasteiger partial charge in [0.25, 0.3) is 0 Å². The number of aromatic amines is 1. The fourth-order valence-electron chi connectivity index (χ4n) is 4.80. The molecule has 1 aromatic heterocycles. The molecule has 5 rings (SSSR count). The summed E-state index contributed by atoms with van der Waals surface area (Å²) in [7, 11) is 0. The van der Waals surface area contributed by atoms with Crippen LogP contribution in [0.5, 0.6) is 5.75 Å². The van der Waals surface area contributed by atoms with Crippen molar-refractivity contribution in [2.45, 2.75) is 58.9 Å². The molecule has 0 spiro atoms. The van der Waals surface area contributed by atoms with E-state index in [1.165, 1.54) is 25.6 Å². The van der Waals surface area contributed by atoms with Gasteiger partial charge in [-0.05, 0) is 79.1 Å². The summed E-state index contributed by atoms with van der Waals surface area (Å²) in [5, 5.41) is 10.0. The van der Waals surface area contributed by atoms with Gasteiger partial charge in [0.15, 0.2) is 5.78 Å². The minimum Gasteiger partial charge on any atom is -0.493 e. The molecule has 0 amide bonds. The van der Waals surface area contributed by atoms with Crippen LogP contribution in [0.4, 0.5) is 4.39 Å². The third kappa shape index (κ3) is 6.13. The third-order valence-electron chi connectivity index (χ3n) is 7.14. The molecule has 0 aliphatic carbocycles. The average molecular weight is 524 g/mol. The molecule has 5 nitrogen and oxygen atoms in total. The molecule has 2 aromatic carbocycles. The van der Waals surface area contributed by atoms with Crippen molar-refractivity contribution < 1.29 is 13.9 Å². The fraction of sp³-hybridized carbons (Fsp3) is 0.400. The highest BCUT2D eigenvalue weighted by Crippen LogP contribution is 2.36. The van der Waals surface area contributed by atoms with Crippen LogP contribution in [0.15, 0.2) is 48.7 Å². The molecule has 0 saturated carbocycles. The van der Waals surface area contributed by atoms with Crippen LogP contribution in [-0.2, 0) is 11.2 Å². The highest BCUT2D eigenvalue weighted by Gasteiger charge is 2.30. The molecular formula is C30H35ClFN3O2. The predicted molar refractivity (Wildman–Crippen MR) is 148 cm³/mol. The minimum absolute atomic E-state index is 0.0391. The van der Waals surface area contributed by atoms with Crippen molar-refractivity contribution in [1.82, 2.24) is 15.5 Å². The zero-order chi connectivity index (χ0) is 26.5. The first kappa shape index (κ1) is 27.1. The van der Waals surface area contributed by atoms with E-state index in [2.05, 4.69) is 36.3 Å². The summed E-state index contributed by atoms with van der Waals surface area (Å²) in [6.45, 7) is 9.80. The first-order chi connectivity index (χ1) is 17.8. The van der Waals surface area contributed by atoms with Crippen molar-refractivity contribution in [1.29, 1.82) is 0 Å². The molecule has 2 aliphatic heterocycles. The van der Waals surface area contributed by atoms with Gasteiger partial charge in [-0.3, -0.25) is 9.89 Å². The smallest absolute Gasteiger partial charge is 0.216 e. The van der Waals surface area contributed by atoms with Gasteiger partial charge in [-0.25, -0.2) is 0 Å². The predicted octanol–water partition coefficient (Wildman–Crippen LogP) is 6.97.